The number of amidine groups is 1. The highest BCUT2D eigenvalue weighted by Gasteiger charge is 2.07. The van der Waals surface area contributed by atoms with Gasteiger partial charge in [-0.05, 0) is 28.1 Å². The third kappa shape index (κ3) is 3.20. The molecule has 0 heterocycles. The molecule has 0 bridgehead atoms. The zero-order chi connectivity index (χ0) is 13.7. The van der Waals surface area contributed by atoms with E-state index in [2.05, 4.69) is 26.5 Å². The number of hydrazone groups is 1. The smallest absolute Gasteiger partial charge is 0.201 e. The summed E-state index contributed by atoms with van der Waals surface area (Å²) < 4.78 is 0.572. The van der Waals surface area contributed by atoms with Crippen LogP contribution >= 0.6 is 27.5 Å². The highest BCUT2D eigenvalue weighted by Crippen LogP contribution is 2.29. The van der Waals surface area contributed by atoms with Crippen molar-refractivity contribution in [2.24, 2.45) is 10.8 Å². The molecule has 0 spiro atoms. The Morgan fingerprint density at radius 1 is 1.50 bits per heavy atom. The van der Waals surface area contributed by atoms with Crippen LogP contribution in [0.15, 0.2) is 21.7 Å². The molecule has 0 aromatic heterocycles. The van der Waals surface area contributed by atoms with Gasteiger partial charge in [-0.15, -0.1) is 0 Å². The van der Waals surface area contributed by atoms with Gasteiger partial charge in [0.15, 0.2) is 5.84 Å². The normalized spacial score (nSPS) is 10.3. The predicted molar refractivity (Wildman–Crippen MR) is 72.5 cm³/mol. The SMILES string of the molecule is N#C/C(=N\Nc1cc(Cl)c(Br)cc1C#N)C(=N)N. The van der Waals surface area contributed by atoms with E-state index in [4.69, 9.17) is 33.3 Å². The molecular formula is C10H6BrClN6. The van der Waals surface area contributed by atoms with Crippen molar-refractivity contribution in [1.82, 2.24) is 0 Å². The monoisotopic (exact) mass is 324 g/mol. The number of nitrogens with zero attached hydrogens (tertiary/aromatic N) is 3. The molecule has 18 heavy (non-hydrogen) atoms. The van der Waals surface area contributed by atoms with Crippen molar-refractivity contribution in [3.8, 4) is 12.1 Å². The van der Waals surface area contributed by atoms with E-state index in [9.17, 15) is 0 Å². The fourth-order valence-electron chi connectivity index (χ4n) is 0.993. The van der Waals surface area contributed by atoms with Crippen molar-refractivity contribution in [1.29, 1.82) is 15.9 Å². The first-order chi connectivity index (χ1) is 8.49. The third-order valence-corrected chi connectivity index (χ3v) is 3.03. The van der Waals surface area contributed by atoms with Crippen LogP contribution < -0.4 is 11.2 Å². The molecule has 0 aliphatic rings. The molecule has 0 amide bonds. The van der Waals surface area contributed by atoms with Gasteiger partial charge in [0.2, 0.25) is 5.71 Å². The van der Waals surface area contributed by atoms with Crippen molar-refractivity contribution in [2.45, 2.75) is 0 Å². The van der Waals surface area contributed by atoms with Crippen LogP contribution in [0.1, 0.15) is 5.56 Å². The summed E-state index contributed by atoms with van der Waals surface area (Å²) in [5.74, 6) is -0.466. The Morgan fingerprint density at radius 2 is 2.17 bits per heavy atom. The molecule has 8 heteroatoms. The summed E-state index contributed by atoms with van der Waals surface area (Å²) in [5, 5.41) is 28.7. The van der Waals surface area contributed by atoms with Gasteiger partial charge >= 0.3 is 0 Å². The Balaban J connectivity index is 3.14. The molecule has 0 aliphatic heterocycles. The van der Waals surface area contributed by atoms with E-state index < -0.39 is 5.84 Å². The molecule has 1 rings (SSSR count). The Labute approximate surface area is 116 Å². The lowest BCUT2D eigenvalue weighted by Crippen LogP contribution is -2.21. The minimum atomic E-state index is -0.466. The van der Waals surface area contributed by atoms with Crippen molar-refractivity contribution in [3.05, 3.63) is 27.2 Å². The highest BCUT2D eigenvalue weighted by molar-refractivity contribution is 9.10. The Hall–Kier alpha value is -2.09. The molecule has 4 N–H and O–H groups in total. The van der Waals surface area contributed by atoms with E-state index in [1.807, 2.05) is 6.07 Å². The standard InChI is InChI=1S/C10H6BrClN6/c11-6-1-5(3-13)8(2-7(6)12)17-18-9(4-14)10(15)16/h1-2,17H,(H3,15,16)/b18-9+. The summed E-state index contributed by atoms with van der Waals surface area (Å²) in [5.41, 5.74) is 7.94. The van der Waals surface area contributed by atoms with Crippen molar-refractivity contribution < 1.29 is 0 Å². The number of nitrogens with one attached hydrogen (secondary N) is 2. The molecule has 90 valence electrons. The Bertz CT molecular complexity index is 610. The lowest BCUT2D eigenvalue weighted by Gasteiger charge is -2.05. The first-order valence-corrected chi connectivity index (χ1v) is 5.64. The van der Waals surface area contributed by atoms with Crippen LogP contribution in [0.2, 0.25) is 5.02 Å². The molecule has 1 aromatic carbocycles. The van der Waals surface area contributed by atoms with Crippen molar-refractivity contribution in [3.63, 3.8) is 0 Å². The number of hydrogen-bond acceptors (Lipinski definition) is 5. The molecule has 0 atom stereocenters. The number of nitrogens with two attached hydrogens (primary N) is 1. The second-order valence-corrected chi connectivity index (χ2v) is 4.28. The largest absolute Gasteiger partial charge is 0.382 e. The minimum absolute atomic E-state index is 0.280. The summed E-state index contributed by atoms with van der Waals surface area (Å²) in [7, 11) is 0. The number of rotatable bonds is 3. The van der Waals surface area contributed by atoms with E-state index >= 15 is 0 Å². The van der Waals surface area contributed by atoms with Crippen LogP contribution in [0.25, 0.3) is 0 Å². The van der Waals surface area contributed by atoms with Crippen LogP contribution in [0, 0.1) is 28.1 Å². The van der Waals surface area contributed by atoms with Gasteiger partial charge in [-0.3, -0.25) is 10.8 Å². The maximum atomic E-state index is 8.93. The highest BCUT2D eigenvalue weighted by atomic mass is 79.9. The summed E-state index contributed by atoms with van der Waals surface area (Å²) >= 11 is 9.06. The fourth-order valence-corrected chi connectivity index (χ4v) is 1.50. The topological polar surface area (TPSA) is 122 Å². The van der Waals surface area contributed by atoms with Gasteiger partial charge in [-0.25, -0.2) is 0 Å². The Kier molecular flexibility index (Phi) is 4.67. The summed E-state index contributed by atoms with van der Waals surface area (Å²) in [4.78, 5) is 0. The zero-order valence-corrected chi connectivity index (χ0v) is 11.2. The van der Waals surface area contributed by atoms with Crippen LogP contribution in [0.5, 0.6) is 0 Å². The van der Waals surface area contributed by atoms with Gasteiger partial charge in [-0.1, -0.05) is 11.6 Å². The first-order valence-electron chi connectivity index (χ1n) is 4.47. The number of anilines is 1. The van der Waals surface area contributed by atoms with Crippen molar-refractivity contribution in [2.75, 3.05) is 5.43 Å². The molecular weight excluding hydrogens is 320 g/mol. The third-order valence-electron chi connectivity index (χ3n) is 1.83. The number of benzene rings is 1. The number of halogens is 2. The summed E-state index contributed by atoms with van der Waals surface area (Å²) in [6, 6.07) is 6.58. The quantitative estimate of drug-likeness (QED) is 0.448. The predicted octanol–water partition coefficient (Wildman–Crippen LogP) is 2.20. The van der Waals surface area contributed by atoms with E-state index in [1.165, 1.54) is 12.1 Å². The van der Waals surface area contributed by atoms with E-state index in [0.717, 1.165) is 0 Å². The van der Waals surface area contributed by atoms with Gasteiger partial charge in [0.25, 0.3) is 0 Å². The van der Waals surface area contributed by atoms with Crippen LogP contribution in [-0.2, 0) is 0 Å². The Morgan fingerprint density at radius 3 is 2.67 bits per heavy atom. The van der Waals surface area contributed by atoms with Crippen molar-refractivity contribution >= 4 is 44.8 Å². The summed E-state index contributed by atoms with van der Waals surface area (Å²) in [6.07, 6.45) is 0. The molecule has 0 radical (unpaired) electrons. The molecule has 6 nitrogen and oxygen atoms in total. The maximum absolute atomic E-state index is 8.93. The molecule has 0 saturated carbocycles. The number of nitriles is 2. The average Bonchev–Trinajstić information content (AvgIpc) is 2.33. The zero-order valence-electron chi connectivity index (χ0n) is 8.83. The molecule has 0 saturated heterocycles. The van der Waals surface area contributed by atoms with Gasteiger partial charge in [0.05, 0.1) is 16.3 Å². The van der Waals surface area contributed by atoms with Crippen LogP contribution in [0.3, 0.4) is 0 Å². The van der Waals surface area contributed by atoms with E-state index in [-0.39, 0.29) is 11.3 Å². The van der Waals surface area contributed by atoms with Gasteiger partial charge in [0, 0.05) is 4.47 Å². The van der Waals surface area contributed by atoms with E-state index in [1.54, 1.807) is 6.07 Å². The second-order valence-electron chi connectivity index (χ2n) is 3.02. The van der Waals surface area contributed by atoms with Gasteiger partial charge < -0.3 is 5.73 Å². The van der Waals surface area contributed by atoms with Crippen LogP contribution in [-0.4, -0.2) is 11.5 Å². The van der Waals surface area contributed by atoms with Gasteiger partial charge in [-0.2, -0.15) is 15.6 Å². The summed E-state index contributed by atoms with van der Waals surface area (Å²) in [6.45, 7) is 0. The van der Waals surface area contributed by atoms with Crippen LogP contribution in [0.4, 0.5) is 5.69 Å². The van der Waals surface area contributed by atoms with E-state index in [0.29, 0.717) is 15.2 Å². The molecule has 0 aliphatic carbocycles. The molecule has 0 fully saturated rings. The lowest BCUT2D eigenvalue weighted by atomic mass is 10.2. The number of hydrogen-bond donors (Lipinski definition) is 3. The molecule has 0 unspecified atom stereocenters. The lowest BCUT2D eigenvalue weighted by molar-refractivity contribution is 1.32. The molecule has 1 aromatic rings. The minimum Gasteiger partial charge on any atom is -0.382 e. The fraction of sp³-hybridized carbons (Fsp3) is 0. The second kappa shape index (κ2) is 6.01. The average molecular weight is 326 g/mol. The maximum Gasteiger partial charge on any atom is 0.201 e. The first kappa shape index (κ1) is 14.0. The van der Waals surface area contributed by atoms with Gasteiger partial charge in [0.1, 0.15) is 12.1 Å².